The highest BCUT2D eigenvalue weighted by Gasteiger charge is 2.34. The first kappa shape index (κ1) is 19.6. The molecule has 0 aromatic heterocycles. The SMILES string of the molecule is CN1CCC(NS(=O)(=O)[C@@H]2CCCN(C(=O)c3cccc(Cl)c3)C2)CC1. The third-order valence-electron chi connectivity index (χ3n) is 5.23. The molecule has 0 saturated carbocycles. The first-order chi connectivity index (χ1) is 12.3. The summed E-state index contributed by atoms with van der Waals surface area (Å²) in [5, 5.41) is -0.0556. The molecule has 8 heteroatoms. The Labute approximate surface area is 160 Å². The lowest BCUT2D eigenvalue weighted by atomic mass is 10.1. The number of hydrogen-bond acceptors (Lipinski definition) is 4. The molecule has 2 aliphatic heterocycles. The van der Waals surface area contributed by atoms with Crippen molar-refractivity contribution in [2.75, 3.05) is 33.2 Å². The predicted molar refractivity (Wildman–Crippen MR) is 103 cm³/mol. The fraction of sp³-hybridized carbons (Fsp3) is 0.611. The zero-order valence-electron chi connectivity index (χ0n) is 15.0. The molecule has 6 nitrogen and oxygen atoms in total. The Bertz CT molecular complexity index is 748. The van der Waals surface area contributed by atoms with Crippen LogP contribution in [0.3, 0.4) is 0 Å². The molecule has 0 radical (unpaired) electrons. The maximum atomic E-state index is 12.8. The fourth-order valence-electron chi connectivity index (χ4n) is 3.63. The van der Waals surface area contributed by atoms with Gasteiger partial charge in [0.25, 0.3) is 5.91 Å². The maximum Gasteiger partial charge on any atom is 0.253 e. The molecule has 2 heterocycles. The van der Waals surface area contributed by atoms with E-state index in [9.17, 15) is 13.2 Å². The Hall–Kier alpha value is -1.15. The van der Waals surface area contributed by atoms with E-state index in [2.05, 4.69) is 9.62 Å². The number of nitrogens with zero attached hydrogens (tertiary/aromatic N) is 2. The van der Waals surface area contributed by atoms with Crippen molar-refractivity contribution in [3.63, 3.8) is 0 Å². The number of hydrogen-bond donors (Lipinski definition) is 1. The van der Waals surface area contributed by atoms with Crippen molar-refractivity contribution < 1.29 is 13.2 Å². The quantitative estimate of drug-likeness (QED) is 0.840. The van der Waals surface area contributed by atoms with Gasteiger partial charge in [-0.05, 0) is 64.0 Å². The summed E-state index contributed by atoms with van der Waals surface area (Å²) < 4.78 is 28.5. The van der Waals surface area contributed by atoms with E-state index in [1.807, 2.05) is 7.05 Å². The number of benzene rings is 1. The second-order valence-corrected chi connectivity index (χ2v) is 9.69. The first-order valence-corrected chi connectivity index (χ1v) is 11.0. The van der Waals surface area contributed by atoms with Crippen molar-refractivity contribution in [1.29, 1.82) is 0 Å². The molecule has 1 N–H and O–H groups in total. The van der Waals surface area contributed by atoms with Gasteiger partial charge in [-0.25, -0.2) is 13.1 Å². The lowest BCUT2D eigenvalue weighted by molar-refractivity contribution is 0.0726. The van der Waals surface area contributed by atoms with Crippen LogP contribution in [-0.2, 0) is 10.0 Å². The third-order valence-corrected chi connectivity index (χ3v) is 7.38. The molecular weight excluding hydrogens is 374 g/mol. The van der Waals surface area contributed by atoms with Gasteiger partial charge >= 0.3 is 0 Å². The molecule has 1 amide bonds. The number of halogens is 1. The van der Waals surface area contributed by atoms with Crippen LogP contribution in [0.1, 0.15) is 36.0 Å². The Morgan fingerprint density at radius 1 is 1.19 bits per heavy atom. The molecule has 1 aromatic rings. The van der Waals surface area contributed by atoms with Crippen molar-refractivity contribution in [3.05, 3.63) is 34.9 Å². The predicted octanol–water partition coefficient (Wildman–Crippen LogP) is 1.96. The largest absolute Gasteiger partial charge is 0.337 e. The molecule has 1 aromatic carbocycles. The van der Waals surface area contributed by atoms with Gasteiger partial charge in [0.1, 0.15) is 0 Å². The van der Waals surface area contributed by atoms with Gasteiger partial charge in [0, 0.05) is 29.7 Å². The summed E-state index contributed by atoms with van der Waals surface area (Å²) in [6.07, 6.45) is 2.92. The molecule has 2 saturated heterocycles. The summed E-state index contributed by atoms with van der Waals surface area (Å²) >= 11 is 5.97. The number of piperidine rings is 2. The summed E-state index contributed by atoms with van der Waals surface area (Å²) in [5.74, 6) is -0.160. The molecule has 1 atom stereocenters. The van der Waals surface area contributed by atoms with E-state index in [1.54, 1.807) is 29.2 Å². The highest BCUT2D eigenvalue weighted by Crippen LogP contribution is 2.21. The summed E-state index contributed by atoms with van der Waals surface area (Å²) in [7, 11) is -1.40. The molecule has 0 bridgehead atoms. The normalized spacial score (nSPS) is 23.2. The Kier molecular flexibility index (Phi) is 6.22. The minimum atomic E-state index is -3.45. The summed E-state index contributed by atoms with van der Waals surface area (Å²) in [5.41, 5.74) is 0.499. The second-order valence-electron chi connectivity index (χ2n) is 7.27. The zero-order valence-corrected chi connectivity index (χ0v) is 16.6. The Morgan fingerprint density at radius 2 is 1.92 bits per heavy atom. The zero-order chi connectivity index (χ0) is 18.7. The van der Waals surface area contributed by atoms with Gasteiger partial charge in [-0.3, -0.25) is 4.79 Å². The number of nitrogens with one attached hydrogen (secondary N) is 1. The second kappa shape index (κ2) is 8.25. The fourth-order valence-corrected chi connectivity index (χ4v) is 5.57. The summed E-state index contributed by atoms with van der Waals surface area (Å²) in [6.45, 7) is 2.60. The van der Waals surface area contributed by atoms with Gasteiger partial charge < -0.3 is 9.80 Å². The van der Waals surface area contributed by atoms with Crippen molar-refractivity contribution in [2.24, 2.45) is 0 Å². The highest BCUT2D eigenvalue weighted by molar-refractivity contribution is 7.90. The molecule has 0 aliphatic carbocycles. The van der Waals surface area contributed by atoms with Crippen molar-refractivity contribution in [2.45, 2.75) is 37.0 Å². The molecule has 2 fully saturated rings. The number of likely N-dealkylation sites (tertiary alicyclic amines) is 2. The van der Waals surface area contributed by atoms with Crippen LogP contribution in [-0.4, -0.2) is 68.6 Å². The molecule has 0 spiro atoms. The van der Waals surface area contributed by atoms with Gasteiger partial charge in [0.2, 0.25) is 10.0 Å². The lowest BCUT2D eigenvalue weighted by Gasteiger charge is -2.35. The maximum absolute atomic E-state index is 12.8. The topological polar surface area (TPSA) is 69.7 Å². The smallest absolute Gasteiger partial charge is 0.253 e. The molecule has 0 unspecified atom stereocenters. The van der Waals surface area contributed by atoms with Crippen LogP contribution in [0.4, 0.5) is 0 Å². The van der Waals surface area contributed by atoms with Gasteiger partial charge in [-0.2, -0.15) is 0 Å². The number of amides is 1. The number of sulfonamides is 1. The molecular formula is C18H26ClN3O3S. The van der Waals surface area contributed by atoms with E-state index in [0.717, 1.165) is 25.9 Å². The third kappa shape index (κ3) is 4.76. The van der Waals surface area contributed by atoms with E-state index < -0.39 is 15.3 Å². The minimum Gasteiger partial charge on any atom is -0.337 e. The molecule has 26 heavy (non-hydrogen) atoms. The lowest BCUT2D eigenvalue weighted by Crippen LogP contribution is -2.51. The van der Waals surface area contributed by atoms with Crippen molar-refractivity contribution >= 4 is 27.5 Å². The van der Waals surface area contributed by atoms with Crippen LogP contribution in [0, 0.1) is 0 Å². The van der Waals surface area contributed by atoms with Gasteiger partial charge in [0.15, 0.2) is 0 Å². The number of rotatable bonds is 4. The highest BCUT2D eigenvalue weighted by atomic mass is 35.5. The average Bonchev–Trinajstić information content (AvgIpc) is 2.63. The standard InChI is InChI=1S/C18H26ClN3O3S/c1-21-10-7-16(8-11-21)20-26(24,25)17-6-3-9-22(13-17)18(23)14-4-2-5-15(19)12-14/h2,4-5,12,16-17,20H,3,6-11,13H2,1H3/t17-/m1/s1. The first-order valence-electron chi connectivity index (χ1n) is 9.10. The average molecular weight is 400 g/mol. The number of carbonyl (C=O) groups excluding carboxylic acids is 1. The molecule has 2 aliphatic rings. The van der Waals surface area contributed by atoms with E-state index in [0.29, 0.717) is 30.0 Å². The van der Waals surface area contributed by atoms with Gasteiger partial charge in [0.05, 0.1) is 5.25 Å². The van der Waals surface area contributed by atoms with Crippen LogP contribution in [0.25, 0.3) is 0 Å². The van der Waals surface area contributed by atoms with E-state index in [-0.39, 0.29) is 18.5 Å². The van der Waals surface area contributed by atoms with Crippen LogP contribution in [0.5, 0.6) is 0 Å². The minimum absolute atomic E-state index is 0.00444. The van der Waals surface area contributed by atoms with Crippen LogP contribution in [0.15, 0.2) is 24.3 Å². The van der Waals surface area contributed by atoms with Gasteiger partial charge in [-0.15, -0.1) is 0 Å². The Morgan fingerprint density at radius 3 is 2.62 bits per heavy atom. The number of carbonyl (C=O) groups is 1. The summed E-state index contributed by atoms with van der Waals surface area (Å²) in [4.78, 5) is 16.5. The van der Waals surface area contributed by atoms with E-state index in [1.165, 1.54) is 0 Å². The van der Waals surface area contributed by atoms with Crippen LogP contribution in [0.2, 0.25) is 5.02 Å². The van der Waals surface area contributed by atoms with Gasteiger partial charge in [-0.1, -0.05) is 17.7 Å². The van der Waals surface area contributed by atoms with E-state index in [4.69, 9.17) is 11.6 Å². The van der Waals surface area contributed by atoms with Crippen molar-refractivity contribution in [1.82, 2.24) is 14.5 Å². The summed E-state index contributed by atoms with van der Waals surface area (Å²) in [6, 6.07) is 6.78. The van der Waals surface area contributed by atoms with E-state index >= 15 is 0 Å². The molecule has 3 rings (SSSR count). The molecule has 144 valence electrons. The monoisotopic (exact) mass is 399 g/mol. The van der Waals surface area contributed by atoms with Crippen molar-refractivity contribution in [3.8, 4) is 0 Å². The Balaban J connectivity index is 1.64. The van der Waals surface area contributed by atoms with Crippen LogP contribution < -0.4 is 4.72 Å². The van der Waals surface area contributed by atoms with Crippen LogP contribution >= 0.6 is 11.6 Å².